The molecule has 72 heavy (non-hydrogen) atoms. The molecule has 4 heteroatoms. The number of Topliss-reactive ketones (excluding diaryl/α,β-unsaturated/α-hetero) is 4. The van der Waals surface area contributed by atoms with Gasteiger partial charge in [0.15, 0.2) is 23.1 Å². The lowest BCUT2D eigenvalue weighted by Gasteiger charge is -2.04. The largest absolute Gasteiger partial charge is 0.295 e. The van der Waals surface area contributed by atoms with Crippen LogP contribution >= 0.6 is 0 Å². The average molecular weight is 945 g/mol. The summed E-state index contributed by atoms with van der Waals surface area (Å²) in [6.07, 6.45) is 10.6. The van der Waals surface area contributed by atoms with Crippen LogP contribution in [0.15, 0.2) is 265 Å². The molecule has 8 rings (SSSR count). The molecule has 0 aliphatic carbocycles. The molecular formula is C68H64O4. The van der Waals surface area contributed by atoms with Gasteiger partial charge >= 0.3 is 0 Å². The van der Waals surface area contributed by atoms with Gasteiger partial charge in [0.1, 0.15) is 0 Å². The van der Waals surface area contributed by atoms with Crippen LogP contribution in [0.4, 0.5) is 0 Å². The maximum atomic E-state index is 11.7. The highest BCUT2D eigenvalue weighted by molar-refractivity contribution is 6.00. The fourth-order valence-corrected chi connectivity index (χ4v) is 7.37. The van der Waals surface area contributed by atoms with Crippen LogP contribution in [-0.4, -0.2) is 23.1 Å². The molecule has 360 valence electrons. The first-order chi connectivity index (χ1) is 35.0. The molecule has 0 saturated carbocycles. The van der Waals surface area contributed by atoms with Gasteiger partial charge in [-0.3, -0.25) is 19.2 Å². The summed E-state index contributed by atoms with van der Waals surface area (Å²) in [5, 5.41) is 0. The van der Waals surface area contributed by atoms with Crippen LogP contribution in [0, 0.1) is 0 Å². The number of allylic oxidation sites excluding steroid dienone is 4. The summed E-state index contributed by atoms with van der Waals surface area (Å²) in [6, 6.07) is 80.0. The molecule has 0 radical (unpaired) electrons. The first-order valence-corrected chi connectivity index (χ1v) is 24.2. The second-order valence-electron chi connectivity index (χ2n) is 17.2. The summed E-state index contributed by atoms with van der Waals surface area (Å²) in [5.41, 5.74) is 12.3. The van der Waals surface area contributed by atoms with Gasteiger partial charge in [0.2, 0.25) is 0 Å². The van der Waals surface area contributed by atoms with E-state index in [-0.39, 0.29) is 23.1 Å². The lowest BCUT2D eigenvalue weighted by molar-refractivity contribution is -0.114. The second kappa shape index (κ2) is 30.8. The molecule has 0 aromatic heterocycles. The van der Waals surface area contributed by atoms with Crippen LogP contribution in [0.1, 0.15) is 72.2 Å². The lowest BCUT2D eigenvalue weighted by Crippen LogP contribution is -2.00. The highest BCUT2D eigenvalue weighted by atomic mass is 16.1. The molecule has 0 aliphatic heterocycles. The number of hydrogen-bond donors (Lipinski definition) is 0. The van der Waals surface area contributed by atoms with Crippen molar-refractivity contribution in [2.75, 3.05) is 0 Å². The molecule has 4 nitrogen and oxygen atoms in total. The standard InChI is InChI=1S/4C17H16O/c4*1-14(18)17(12-15-8-4-2-5-9-15)13-16-10-6-3-7-11-16/h4*2-12H,13H2,1H3/b4*17-12+. The summed E-state index contributed by atoms with van der Waals surface area (Å²) in [7, 11) is 0. The summed E-state index contributed by atoms with van der Waals surface area (Å²) in [4.78, 5) is 46.7. The van der Waals surface area contributed by atoms with Gasteiger partial charge in [-0.05, 0) is 119 Å². The fourth-order valence-electron chi connectivity index (χ4n) is 7.37. The van der Waals surface area contributed by atoms with Crippen molar-refractivity contribution in [3.8, 4) is 0 Å². The van der Waals surface area contributed by atoms with Crippen molar-refractivity contribution in [1.82, 2.24) is 0 Å². The third-order valence-electron chi connectivity index (χ3n) is 11.3. The minimum Gasteiger partial charge on any atom is -0.295 e. The molecular weight excluding hydrogens is 881 g/mol. The Hall–Kier alpha value is -8.60. The van der Waals surface area contributed by atoms with Crippen LogP contribution < -0.4 is 0 Å². The van der Waals surface area contributed by atoms with Crippen molar-refractivity contribution in [2.45, 2.75) is 53.4 Å². The minimum atomic E-state index is 0.128. The number of carbonyl (C=O) groups is 4. The Morgan fingerprint density at radius 3 is 0.514 bits per heavy atom. The highest BCUT2D eigenvalue weighted by Gasteiger charge is 2.08. The maximum Gasteiger partial charge on any atom is 0.156 e. The van der Waals surface area contributed by atoms with Gasteiger partial charge < -0.3 is 0 Å². The van der Waals surface area contributed by atoms with Crippen molar-refractivity contribution in [3.63, 3.8) is 0 Å². The van der Waals surface area contributed by atoms with E-state index in [0.717, 1.165) is 66.8 Å². The van der Waals surface area contributed by atoms with Crippen LogP contribution in [0.3, 0.4) is 0 Å². The van der Waals surface area contributed by atoms with Gasteiger partial charge in [-0.1, -0.05) is 243 Å². The summed E-state index contributed by atoms with van der Waals surface area (Å²) in [6.45, 7) is 6.49. The van der Waals surface area contributed by atoms with Gasteiger partial charge in [0, 0.05) is 25.7 Å². The van der Waals surface area contributed by atoms with Crippen LogP contribution in [-0.2, 0) is 44.9 Å². The minimum absolute atomic E-state index is 0.128. The molecule has 0 spiro atoms. The summed E-state index contributed by atoms with van der Waals surface area (Å²) >= 11 is 0. The predicted molar refractivity (Wildman–Crippen MR) is 301 cm³/mol. The van der Waals surface area contributed by atoms with Gasteiger partial charge in [0.05, 0.1) is 0 Å². The average Bonchev–Trinajstić information content (AvgIpc) is 3.41. The topological polar surface area (TPSA) is 68.3 Å². The number of hydrogen-bond acceptors (Lipinski definition) is 4. The lowest BCUT2D eigenvalue weighted by atomic mass is 10.00. The molecule has 0 fully saturated rings. The second-order valence-corrected chi connectivity index (χ2v) is 17.2. The summed E-state index contributed by atoms with van der Waals surface area (Å²) in [5.74, 6) is 0.510. The Morgan fingerprint density at radius 1 is 0.236 bits per heavy atom. The molecule has 0 saturated heterocycles. The van der Waals surface area contributed by atoms with Crippen molar-refractivity contribution < 1.29 is 19.2 Å². The Bertz CT molecular complexity index is 2570. The third-order valence-corrected chi connectivity index (χ3v) is 11.3. The normalized spacial score (nSPS) is 11.3. The van der Waals surface area contributed by atoms with E-state index < -0.39 is 0 Å². The Morgan fingerprint density at radius 2 is 0.375 bits per heavy atom. The molecule has 0 heterocycles. The third kappa shape index (κ3) is 21.0. The monoisotopic (exact) mass is 944 g/mol. The van der Waals surface area contributed by atoms with Crippen molar-refractivity contribution in [1.29, 1.82) is 0 Å². The molecule has 8 aromatic carbocycles. The van der Waals surface area contributed by atoms with E-state index in [4.69, 9.17) is 0 Å². The number of carbonyl (C=O) groups excluding carboxylic acids is 4. The quantitative estimate of drug-likeness (QED) is 0.0905. The molecule has 0 atom stereocenters. The van der Waals surface area contributed by atoms with E-state index in [0.29, 0.717) is 25.7 Å². The van der Waals surface area contributed by atoms with Gasteiger partial charge in [-0.2, -0.15) is 0 Å². The SMILES string of the molecule is CC(=O)/C(=C/c1ccccc1)Cc1ccccc1.CC(=O)/C(=C/c1ccccc1)Cc1ccccc1.CC(=O)/C(=C/c1ccccc1)Cc1ccccc1.CC(=O)/C(=C/c1ccccc1)Cc1ccccc1. The van der Waals surface area contributed by atoms with Crippen LogP contribution in [0.5, 0.6) is 0 Å². The highest BCUT2D eigenvalue weighted by Crippen LogP contribution is 2.17. The smallest absolute Gasteiger partial charge is 0.156 e. The van der Waals surface area contributed by atoms with Gasteiger partial charge in [-0.15, -0.1) is 0 Å². The van der Waals surface area contributed by atoms with E-state index in [9.17, 15) is 19.2 Å². The van der Waals surface area contributed by atoms with Gasteiger partial charge in [0.25, 0.3) is 0 Å². The summed E-state index contributed by atoms with van der Waals surface area (Å²) < 4.78 is 0. The van der Waals surface area contributed by atoms with Crippen molar-refractivity contribution in [2.24, 2.45) is 0 Å². The maximum absolute atomic E-state index is 11.7. The number of rotatable bonds is 16. The zero-order valence-corrected chi connectivity index (χ0v) is 41.9. The zero-order chi connectivity index (χ0) is 51.2. The first kappa shape index (κ1) is 54.3. The molecule has 8 aromatic rings. The van der Waals surface area contributed by atoms with E-state index in [1.54, 1.807) is 27.7 Å². The fraction of sp³-hybridized carbons (Fsp3) is 0.118. The Kier molecular flexibility index (Phi) is 23.2. The Balaban J connectivity index is 0.000000178. The van der Waals surface area contributed by atoms with E-state index >= 15 is 0 Å². The molecule has 0 bridgehead atoms. The van der Waals surface area contributed by atoms with Crippen LogP contribution in [0.25, 0.3) is 24.3 Å². The predicted octanol–water partition coefficient (Wildman–Crippen LogP) is 15.6. The zero-order valence-electron chi connectivity index (χ0n) is 41.9. The van der Waals surface area contributed by atoms with Crippen molar-refractivity contribution >= 4 is 47.4 Å². The van der Waals surface area contributed by atoms with Crippen LogP contribution in [0.2, 0.25) is 0 Å². The van der Waals surface area contributed by atoms with E-state index in [1.807, 2.05) is 267 Å². The van der Waals surface area contributed by atoms with E-state index in [1.165, 1.54) is 0 Å². The number of benzene rings is 8. The number of ketones is 4. The molecule has 0 aliphatic rings. The molecule has 0 N–H and O–H groups in total. The van der Waals surface area contributed by atoms with Crippen molar-refractivity contribution in [3.05, 3.63) is 309 Å². The molecule has 0 amide bonds. The Labute approximate surface area is 427 Å². The first-order valence-electron chi connectivity index (χ1n) is 24.2. The van der Waals surface area contributed by atoms with E-state index in [2.05, 4.69) is 0 Å². The van der Waals surface area contributed by atoms with Gasteiger partial charge in [-0.25, -0.2) is 0 Å². The molecule has 0 unspecified atom stereocenters.